The number of hydroxylamine groups is 1. The van der Waals surface area contributed by atoms with Crippen molar-refractivity contribution in [2.75, 3.05) is 13.7 Å². The highest BCUT2D eigenvalue weighted by Crippen LogP contribution is 2.22. The van der Waals surface area contributed by atoms with Crippen molar-refractivity contribution < 1.29 is 23.9 Å². The Hall–Kier alpha value is -3.68. The molecule has 1 fully saturated rings. The average molecular weight is 461 g/mol. The third-order valence-corrected chi connectivity index (χ3v) is 5.66. The van der Waals surface area contributed by atoms with Gasteiger partial charge in [0.2, 0.25) is 0 Å². The molecule has 0 bridgehead atoms. The molecule has 0 saturated carbocycles. The van der Waals surface area contributed by atoms with Crippen LogP contribution in [0.1, 0.15) is 45.5 Å². The molecule has 2 amide bonds. The average Bonchev–Trinajstić information content (AvgIpc) is 2.91. The van der Waals surface area contributed by atoms with Gasteiger partial charge in [0, 0.05) is 30.7 Å². The highest BCUT2D eigenvalue weighted by molar-refractivity contribution is 5.95. The number of amides is 2. The van der Waals surface area contributed by atoms with E-state index in [0.29, 0.717) is 24.3 Å². The van der Waals surface area contributed by atoms with Gasteiger partial charge in [-0.05, 0) is 65.9 Å². The number of nitrogens with one attached hydrogen (secondary N) is 2. The third kappa shape index (κ3) is 6.21. The van der Waals surface area contributed by atoms with Crippen LogP contribution in [-0.4, -0.2) is 31.8 Å². The first-order valence-corrected chi connectivity index (χ1v) is 11.3. The lowest BCUT2D eigenvalue weighted by Gasteiger charge is -2.22. The molecular formula is C27H28N2O5. The molecule has 1 heterocycles. The summed E-state index contributed by atoms with van der Waals surface area (Å²) in [5.74, 6) is 0.307. The van der Waals surface area contributed by atoms with Gasteiger partial charge < -0.3 is 14.8 Å². The molecule has 0 aromatic heterocycles. The maximum absolute atomic E-state index is 12.5. The minimum absolute atomic E-state index is 0.163. The van der Waals surface area contributed by atoms with Crippen molar-refractivity contribution in [2.24, 2.45) is 0 Å². The summed E-state index contributed by atoms with van der Waals surface area (Å²) >= 11 is 0. The van der Waals surface area contributed by atoms with Gasteiger partial charge in [0.25, 0.3) is 11.8 Å². The van der Waals surface area contributed by atoms with E-state index in [0.717, 1.165) is 41.7 Å². The van der Waals surface area contributed by atoms with Gasteiger partial charge in [0.1, 0.15) is 5.75 Å². The molecule has 1 atom stereocenters. The van der Waals surface area contributed by atoms with Crippen LogP contribution in [0.2, 0.25) is 0 Å². The van der Waals surface area contributed by atoms with E-state index in [9.17, 15) is 9.59 Å². The highest BCUT2D eigenvalue weighted by Gasteiger charge is 2.16. The summed E-state index contributed by atoms with van der Waals surface area (Å²) < 4.78 is 10.6. The molecule has 1 aliphatic heterocycles. The Bertz CT molecular complexity index is 1090. The second kappa shape index (κ2) is 11.4. The Labute approximate surface area is 199 Å². The molecule has 1 unspecified atom stereocenters. The fourth-order valence-corrected chi connectivity index (χ4v) is 3.64. The molecule has 0 radical (unpaired) electrons. The Morgan fingerprint density at radius 3 is 2.09 bits per heavy atom. The summed E-state index contributed by atoms with van der Waals surface area (Å²) in [6.07, 6.45) is 2.41. The Morgan fingerprint density at radius 2 is 1.47 bits per heavy atom. The highest BCUT2D eigenvalue weighted by atomic mass is 16.8. The van der Waals surface area contributed by atoms with Crippen molar-refractivity contribution in [3.8, 4) is 16.9 Å². The predicted octanol–water partition coefficient (Wildman–Crippen LogP) is 4.48. The lowest BCUT2D eigenvalue weighted by molar-refractivity contribution is -0.186. The molecule has 0 aliphatic carbocycles. The minimum atomic E-state index is -0.391. The molecule has 1 aliphatic rings. The summed E-state index contributed by atoms with van der Waals surface area (Å²) in [6, 6.07) is 22.2. The molecule has 3 aromatic carbocycles. The number of hydrogen-bond acceptors (Lipinski definition) is 5. The number of rotatable bonds is 8. The molecule has 3 aromatic rings. The van der Waals surface area contributed by atoms with Crippen LogP contribution in [0.15, 0.2) is 72.8 Å². The van der Waals surface area contributed by atoms with Gasteiger partial charge in [-0.2, -0.15) is 0 Å². The maximum Gasteiger partial charge on any atom is 0.274 e. The normalized spacial score (nSPS) is 15.4. The van der Waals surface area contributed by atoms with E-state index in [4.69, 9.17) is 14.3 Å². The number of benzene rings is 3. The summed E-state index contributed by atoms with van der Waals surface area (Å²) in [5.41, 5.74) is 6.45. The maximum atomic E-state index is 12.5. The van der Waals surface area contributed by atoms with Crippen LogP contribution < -0.4 is 15.5 Å². The molecule has 2 N–H and O–H groups in total. The number of hydrogen-bond donors (Lipinski definition) is 2. The number of carbonyl (C=O) groups excluding carboxylic acids is 2. The predicted molar refractivity (Wildman–Crippen MR) is 128 cm³/mol. The van der Waals surface area contributed by atoms with E-state index in [1.807, 2.05) is 36.4 Å². The minimum Gasteiger partial charge on any atom is -0.497 e. The van der Waals surface area contributed by atoms with E-state index in [1.54, 1.807) is 43.5 Å². The van der Waals surface area contributed by atoms with Crippen LogP contribution in [0, 0.1) is 0 Å². The second-order valence-corrected chi connectivity index (χ2v) is 8.03. The van der Waals surface area contributed by atoms with E-state index in [2.05, 4.69) is 10.8 Å². The molecule has 34 heavy (non-hydrogen) atoms. The molecule has 7 heteroatoms. The van der Waals surface area contributed by atoms with Gasteiger partial charge in [0.05, 0.1) is 7.11 Å². The van der Waals surface area contributed by atoms with Gasteiger partial charge in [-0.1, -0.05) is 36.4 Å². The quantitative estimate of drug-likeness (QED) is 0.484. The van der Waals surface area contributed by atoms with Crippen LogP contribution in [0.5, 0.6) is 5.75 Å². The number of methoxy groups -OCH3 is 1. The Kier molecular flexibility index (Phi) is 7.91. The van der Waals surface area contributed by atoms with E-state index < -0.39 is 6.29 Å². The largest absolute Gasteiger partial charge is 0.497 e. The van der Waals surface area contributed by atoms with E-state index in [-0.39, 0.29) is 11.8 Å². The molecule has 4 rings (SSSR count). The van der Waals surface area contributed by atoms with Crippen molar-refractivity contribution >= 4 is 11.8 Å². The van der Waals surface area contributed by atoms with Gasteiger partial charge in [-0.25, -0.2) is 10.3 Å². The first-order valence-electron chi connectivity index (χ1n) is 11.3. The Balaban J connectivity index is 1.26. The topological polar surface area (TPSA) is 85.9 Å². The lowest BCUT2D eigenvalue weighted by atomic mass is 10.0. The summed E-state index contributed by atoms with van der Waals surface area (Å²) in [6.45, 7) is 1.00. The summed E-state index contributed by atoms with van der Waals surface area (Å²) in [4.78, 5) is 30.1. The second-order valence-electron chi connectivity index (χ2n) is 8.03. The standard InChI is InChI=1S/C27H28N2O5/c1-32-24-15-13-21(14-16-24)20-9-11-22(12-10-20)26(30)28-18-19-5-7-23(8-6-19)27(31)29-34-25-4-2-3-17-33-25/h5-16,25H,2-4,17-18H2,1H3,(H,28,30)(H,29,31). The van der Waals surface area contributed by atoms with Crippen LogP contribution in [-0.2, 0) is 16.1 Å². The van der Waals surface area contributed by atoms with Gasteiger partial charge in [-0.3, -0.25) is 9.59 Å². The smallest absolute Gasteiger partial charge is 0.274 e. The summed E-state index contributed by atoms with van der Waals surface area (Å²) in [7, 11) is 1.64. The van der Waals surface area contributed by atoms with Crippen LogP contribution in [0.25, 0.3) is 11.1 Å². The molecule has 1 saturated heterocycles. The van der Waals surface area contributed by atoms with Crippen molar-refractivity contribution in [3.05, 3.63) is 89.5 Å². The van der Waals surface area contributed by atoms with Gasteiger partial charge >= 0.3 is 0 Å². The zero-order valence-corrected chi connectivity index (χ0v) is 19.1. The van der Waals surface area contributed by atoms with E-state index >= 15 is 0 Å². The first-order chi connectivity index (χ1) is 16.6. The molecule has 7 nitrogen and oxygen atoms in total. The first kappa shape index (κ1) is 23.5. The van der Waals surface area contributed by atoms with Crippen molar-refractivity contribution in [3.63, 3.8) is 0 Å². The fourth-order valence-electron chi connectivity index (χ4n) is 3.64. The zero-order valence-electron chi connectivity index (χ0n) is 19.1. The fraction of sp³-hybridized carbons (Fsp3) is 0.259. The van der Waals surface area contributed by atoms with Crippen molar-refractivity contribution in [1.29, 1.82) is 0 Å². The Morgan fingerprint density at radius 1 is 0.853 bits per heavy atom. The molecule has 176 valence electrons. The van der Waals surface area contributed by atoms with E-state index in [1.165, 1.54) is 0 Å². The van der Waals surface area contributed by atoms with Crippen molar-refractivity contribution in [1.82, 2.24) is 10.8 Å². The molecular weight excluding hydrogens is 432 g/mol. The van der Waals surface area contributed by atoms with Gasteiger partial charge in [0.15, 0.2) is 6.29 Å². The summed E-state index contributed by atoms with van der Waals surface area (Å²) in [5, 5.41) is 2.91. The van der Waals surface area contributed by atoms with Crippen LogP contribution in [0.3, 0.4) is 0 Å². The van der Waals surface area contributed by atoms with Crippen molar-refractivity contribution in [2.45, 2.75) is 32.1 Å². The molecule has 0 spiro atoms. The zero-order chi connectivity index (χ0) is 23.8. The van der Waals surface area contributed by atoms with Gasteiger partial charge in [-0.15, -0.1) is 0 Å². The SMILES string of the molecule is COc1ccc(-c2ccc(C(=O)NCc3ccc(C(=O)NOC4CCCCO4)cc3)cc2)cc1. The van der Waals surface area contributed by atoms with Crippen LogP contribution in [0.4, 0.5) is 0 Å². The van der Waals surface area contributed by atoms with Crippen LogP contribution >= 0.6 is 0 Å². The monoisotopic (exact) mass is 460 g/mol. The third-order valence-electron chi connectivity index (χ3n) is 5.66. The lowest BCUT2D eigenvalue weighted by Crippen LogP contribution is -2.33. The number of ether oxygens (including phenoxy) is 2. The number of carbonyl (C=O) groups is 2.